The van der Waals surface area contributed by atoms with E-state index in [1.54, 1.807) is 36.1 Å². The zero-order valence-corrected chi connectivity index (χ0v) is 12.8. The van der Waals surface area contributed by atoms with Gasteiger partial charge >= 0.3 is 0 Å². The molecule has 6 heteroatoms. The summed E-state index contributed by atoms with van der Waals surface area (Å²) in [5.74, 6) is 0.509. The number of hydrogen-bond acceptors (Lipinski definition) is 4. The molecule has 23 heavy (non-hydrogen) atoms. The van der Waals surface area contributed by atoms with Crippen LogP contribution in [0.3, 0.4) is 0 Å². The van der Waals surface area contributed by atoms with Gasteiger partial charge in [0.1, 0.15) is 17.4 Å². The van der Waals surface area contributed by atoms with Crippen LogP contribution in [0.15, 0.2) is 29.1 Å². The van der Waals surface area contributed by atoms with Gasteiger partial charge in [0.25, 0.3) is 11.5 Å². The molecular weight excluding hydrogens is 294 g/mol. The Bertz CT molecular complexity index is 893. The minimum absolute atomic E-state index is 0.0216. The average molecular weight is 309 g/mol. The summed E-state index contributed by atoms with van der Waals surface area (Å²) >= 11 is 0. The number of benzene rings is 1. The molecule has 1 amide bonds. The first-order chi connectivity index (χ1) is 11.0. The van der Waals surface area contributed by atoms with Gasteiger partial charge in [0, 0.05) is 17.8 Å². The van der Waals surface area contributed by atoms with Gasteiger partial charge in [0.2, 0.25) is 0 Å². The van der Waals surface area contributed by atoms with E-state index in [4.69, 9.17) is 4.74 Å². The number of carbonyl (C=O) groups excluding carboxylic acids is 1. The summed E-state index contributed by atoms with van der Waals surface area (Å²) in [5.41, 5.74) is 2.21. The van der Waals surface area contributed by atoms with E-state index in [0.717, 1.165) is 0 Å². The van der Waals surface area contributed by atoms with Gasteiger partial charge < -0.3 is 14.6 Å². The third-order valence-corrected chi connectivity index (χ3v) is 3.81. The first kappa shape index (κ1) is 14.9. The molecule has 0 unspecified atom stereocenters. The lowest BCUT2D eigenvalue weighted by Crippen LogP contribution is -2.38. The zero-order chi connectivity index (χ0) is 16.6. The van der Waals surface area contributed by atoms with Crippen molar-refractivity contribution in [3.05, 3.63) is 45.9 Å². The summed E-state index contributed by atoms with van der Waals surface area (Å²) in [6, 6.07) is 9.03. The molecule has 0 bridgehead atoms. The van der Waals surface area contributed by atoms with Gasteiger partial charge in [0.15, 0.2) is 6.61 Å². The van der Waals surface area contributed by atoms with E-state index >= 15 is 0 Å². The number of aromatic nitrogens is 1. The van der Waals surface area contributed by atoms with Crippen LogP contribution in [0, 0.1) is 18.3 Å². The number of ether oxygens (including phenoxy) is 1. The normalized spacial score (nSPS) is 13.3. The van der Waals surface area contributed by atoms with Crippen molar-refractivity contribution in [2.24, 2.45) is 0 Å². The van der Waals surface area contributed by atoms with Crippen molar-refractivity contribution in [3.63, 3.8) is 0 Å². The van der Waals surface area contributed by atoms with E-state index in [9.17, 15) is 14.9 Å². The maximum absolute atomic E-state index is 12.0. The van der Waals surface area contributed by atoms with Gasteiger partial charge in [-0.15, -0.1) is 0 Å². The highest BCUT2D eigenvalue weighted by Crippen LogP contribution is 2.36. The second-order valence-electron chi connectivity index (χ2n) is 5.29. The van der Waals surface area contributed by atoms with Gasteiger partial charge in [-0.1, -0.05) is 6.07 Å². The number of likely N-dealkylation sites (N-methyl/N-ethyl adjacent to an activating group) is 1. The number of aromatic amines is 1. The Labute approximate surface area is 132 Å². The van der Waals surface area contributed by atoms with Crippen molar-refractivity contribution < 1.29 is 9.53 Å². The number of nitrogens with one attached hydrogen (secondary N) is 1. The summed E-state index contributed by atoms with van der Waals surface area (Å²) in [7, 11) is 0. The first-order valence-electron chi connectivity index (χ1n) is 7.26. The third kappa shape index (κ3) is 2.46. The van der Waals surface area contributed by atoms with Crippen molar-refractivity contribution in [3.8, 4) is 22.9 Å². The van der Waals surface area contributed by atoms with E-state index < -0.39 is 5.56 Å². The molecule has 3 rings (SSSR count). The molecular formula is C17H15N3O3. The summed E-state index contributed by atoms with van der Waals surface area (Å²) < 4.78 is 5.44. The van der Waals surface area contributed by atoms with Crippen molar-refractivity contribution >= 4 is 11.6 Å². The topological polar surface area (TPSA) is 86.2 Å². The standard InChI is InChI=1S/C17H15N3O3/c1-3-20-14-7-11(4-5-15(14)23-9-16(20)21)12-6-10(2)19-17(22)13(12)8-18/h4-7H,3,9H2,1-2H3,(H,19,22). The van der Waals surface area contributed by atoms with Crippen LogP contribution >= 0.6 is 0 Å². The van der Waals surface area contributed by atoms with Crippen molar-refractivity contribution in [1.82, 2.24) is 4.98 Å². The molecule has 2 heterocycles. The summed E-state index contributed by atoms with van der Waals surface area (Å²) in [5, 5.41) is 9.27. The average Bonchev–Trinajstić information content (AvgIpc) is 2.53. The molecule has 0 atom stereocenters. The second kappa shape index (κ2) is 5.61. The fraction of sp³-hybridized carbons (Fsp3) is 0.235. The zero-order valence-electron chi connectivity index (χ0n) is 12.8. The number of anilines is 1. The number of aryl methyl sites for hydroxylation is 1. The van der Waals surface area contributed by atoms with E-state index in [2.05, 4.69) is 4.98 Å². The Morgan fingerprint density at radius 2 is 2.13 bits per heavy atom. The second-order valence-corrected chi connectivity index (χ2v) is 5.29. The number of nitriles is 1. The minimum Gasteiger partial charge on any atom is -0.482 e. The highest BCUT2D eigenvalue weighted by molar-refractivity contribution is 5.98. The van der Waals surface area contributed by atoms with Gasteiger partial charge in [-0.25, -0.2) is 0 Å². The predicted octanol–water partition coefficient (Wildman–Crippen LogP) is 1.97. The van der Waals surface area contributed by atoms with E-state index in [1.807, 2.05) is 13.0 Å². The fourth-order valence-electron chi connectivity index (χ4n) is 2.74. The minimum atomic E-state index is -0.417. The third-order valence-electron chi connectivity index (χ3n) is 3.81. The van der Waals surface area contributed by atoms with Crippen molar-refractivity contribution in [2.75, 3.05) is 18.1 Å². The van der Waals surface area contributed by atoms with Crippen LogP contribution in [0.4, 0.5) is 5.69 Å². The quantitative estimate of drug-likeness (QED) is 0.919. The number of pyridine rings is 1. The Balaban J connectivity index is 2.21. The molecule has 0 saturated carbocycles. The number of fused-ring (bicyclic) bond motifs is 1. The lowest BCUT2D eigenvalue weighted by atomic mass is 9.99. The van der Waals surface area contributed by atoms with Crippen LogP contribution in [0.25, 0.3) is 11.1 Å². The van der Waals surface area contributed by atoms with Crippen molar-refractivity contribution in [1.29, 1.82) is 5.26 Å². The van der Waals surface area contributed by atoms with E-state index in [0.29, 0.717) is 34.8 Å². The Morgan fingerprint density at radius 3 is 2.83 bits per heavy atom. The molecule has 0 saturated heterocycles. The summed E-state index contributed by atoms with van der Waals surface area (Å²) in [6.45, 7) is 4.19. The van der Waals surface area contributed by atoms with Gasteiger partial charge in [-0.05, 0) is 37.6 Å². The molecule has 116 valence electrons. The molecule has 0 spiro atoms. The number of hydrogen-bond donors (Lipinski definition) is 1. The van der Waals surface area contributed by atoms with Crippen LogP contribution in [0.1, 0.15) is 18.2 Å². The first-order valence-corrected chi connectivity index (χ1v) is 7.26. The van der Waals surface area contributed by atoms with Crippen molar-refractivity contribution in [2.45, 2.75) is 13.8 Å². The van der Waals surface area contributed by atoms with Gasteiger partial charge in [-0.2, -0.15) is 5.26 Å². The lowest BCUT2D eigenvalue weighted by Gasteiger charge is -2.28. The largest absolute Gasteiger partial charge is 0.482 e. The fourth-order valence-corrected chi connectivity index (χ4v) is 2.74. The molecule has 2 aromatic rings. The van der Waals surface area contributed by atoms with Gasteiger partial charge in [0.05, 0.1) is 5.69 Å². The van der Waals surface area contributed by atoms with Gasteiger partial charge in [-0.3, -0.25) is 9.59 Å². The Hall–Kier alpha value is -3.07. The van der Waals surface area contributed by atoms with Crippen LogP contribution in [0.5, 0.6) is 5.75 Å². The highest BCUT2D eigenvalue weighted by Gasteiger charge is 2.25. The maximum Gasteiger partial charge on any atom is 0.266 e. The molecule has 6 nitrogen and oxygen atoms in total. The molecule has 1 aliphatic rings. The van der Waals surface area contributed by atoms with Crippen LogP contribution in [-0.2, 0) is 4.79 Å². The highest BCUT2D eigenvalue weighted by atomic mass is 16.5. The van der Waals surface area contributed by atoms with E-state index in [1.165, 1.54) is 0 Å². The molecule has 0 aliphatic carbocycles. The molecule has 0 fully saturated rings. The van der Waals surface area contributed by atoms with Crippen LogP contribution < -0.4 is 15.2 Å². The predicted molar refractivity (Wildman–Crippen MR) is 85.5 cm³/mol. The smallest absolute Gasteiger partial charge is 0.266 e. The molecule has 1 aromatic heterocycles. The Kier molecular flexibility index (Phi) is 3.62. The van der Waals surface area contributed by atoms with Crippen LogP contribution in [-0.4, -0.2) is 24.0 Å². The van der Waals surface area contributed by atoms with Crippen LogP contribution in [0.2, 0.25) is 0 Å². The molecule has 0 radical (unpaired) electrons. The number of amides is 1. The molecule has 1 aliphatic heterocycles. The monoisotopic (exact) mass is 309 g/mol. The number of H-pyrrole nitrogens is 1. The van der Waals surface area contributed by atoms with E-state index in [-0.39, 0.29) is 18.1 Å². The number of rotatable bonds is 2. The Morgan fingerprint density at radius 1 is 1.35 bits per heavy atom. The number of nitrogens with zero attached hydrogens (tertiary/aromatic N) is 2. The molecule has 1 N–H and O–H groups in total. The summed E-state index contributed by atoms with van der Waals surface area (Å²) in [4.78, 5) is 28.2. The number of carbonyl (C=O) groups is 1. The maximum atomic E-state index is 12.0. The molecule has 1 aromatic carbocycles. The summed E-state index contributed by atoms with van der Waals surface area (Å²) in [6.07, 6.45) is 0. The SMILES string of the molecule is CCN1C(=O)COc2ccc(-c3cc(C)[nH]c(=O)c3C#N)cc21. The lowest BCUT2D eigenvalue weighted by molar-refractivity contribution is -0.121.